The van der Waals surface area contributed by atoms with E-state index in [1.54, 1.807) is 37.3 Å². The number of halogens is 1. The average Bonchev–Trinajstić information content (AvgIpc) is 3.05. The van der Waals surface area contributed by atoms with Crippen LogP contribution in [0.2, 0.25) is 5.02 Å². The lowest BCUT2D eigenvalue weighted by molar-refractivity contribution is -0.132. The summed E-state index contributed by atoms with van der Waals surface area (Å²) in [7, 11) is 0. The SMILES string of the molecule is CCC1(c2ccc(Cl)cc2)NC(=O)N(Cc2cc(C)no2)C1=O. The number of nitrogens with one attached hydrogen (secondary N) is 1. The van der Waals surface area contributed by atoms with E-state index in [1.165, 1.54) is 0 Å². The third-order valence-corrected chi connectivity index (χ3v) is 4.29. The van der Waals surface area contributed by atoms with Gasteiger partial charge in [-0.1, -0.05) is 35.8 Å². The van der Waals surface area contributed by atoms with E-state index in [0.717, 1.165) is 4.90 Å². The fourth-order valence-electron chi connectivity index (χ4n) is 2.79. The molecule has 120 valence electrons. The van der Waals surface area contributed by atoms with Crippen LogP contribution >= 0.6 is 11.6 Å². The van der Waals surface area contributed by atoms with Gasteiger partial charge in [0.05, 0.1) is 12.2 Å². The van der Waals surface area contributed by atoms with Crippen molar-refractivity contribution in [2.75, 3.05) is 0 Å². The summed E-state index contributed by atoms with van der Waals surface area (Å²) < 4.78 is 5.10. The predicted octanol–water partition coefficient (Wildman–Crippen LogP) is 2.99. The molecule has 1 aliphatic heterocycles. The molecule has 0 aliphatic carbocycles. The van der Waals surface area contributed by atoms with Crippen molar-refractivity contribution in [1.29, 1.82) is 0 Å². The van der Waals surface area contributed by atoms with Crippen molar-refractivity contribution in [2.45, 2.75) is 32.4 Å². The molecule has 2 heterocycles. The maximum atomic E-state index is 12.9. The highest BCUT2D eigenvalue weighted by atomic mass is 35.5. The minimum absolute atomic E-state index is 0.0564. The van der Waals surface area contributed by atoms with Crippen molar-refractivity contribution in [3.05, 3.63) is 52.4 Å². The van der Waals surface area contributed by atoms with Gasteiger partial charge in [-0.2, -0.15) is 0 Å². The third-order valence-electron chi connectivity index (χ3n) is 4.03. The van der Waals surface area contributed by atoms with E-state index in [0.29, 0.717) is 28.5 Å². The third kappa shape index (κ3) is 2.59. The molecule has 0 bridgehead atoms. The number of carbonyl (C=O) groups excluding carboxylic acids is 2. The molecule has 23 heavy (non-hydrogen) atoms. The van der Waals surface area contributed by atoms with Crippen molar-refractivity contribution in [3.8, 4) is 0 Å². The van der Waals surface area contributed by atoms with Crippen LogP contribution in [0.3, 0.4) is 0 Å². The summed E-state index contributed by atoms with van der Waals surface area (Å²) in [6.07, 6.45) is 0.436. The molecule has 6 nitrogen and oxygen atoms in total. The summed E-state index contributed by atoms with van der Waals surface area (Å²) in [5, 5.41) is 7.16. The number of hydrogen-bond donors (Lipinski definition) is 1. The number of aryl methyl sites for hydroxylation is 1. The molecule has 0 saturated carbocycles. The molecule has 1 unspecified atom stereocenters. The number of imide groups is 1. The smallest absolute Gasteiger partial charge is 0.325 e. The molecule has 7 heteroatoms. The number of benzene rings is 1. The fourth-order valence-corrected chi connectivity index (χ4v) is 2.92. The van der Waals surface area contributed by atoms with Gasteiger partial charge in [0.2, 0.25) is 0 Å². The van der Waals surface area contributed by atoms with E-state index in [9.17, 15) is 9.59 Å². The quantitative estimate of drug-likeness (QED) is 0.873. The van der Waals surface area contributed by atoms with Crippen LogP contribution in [0, 0.1) is 6.92 Å². The largest absolute Gasteiger partial charge is 0.359 e. The molecule has 1 atom stereocenters. The molecule has 3 amide bonds. The van der Waals surface area contributed by atoms with Gasteiger partial charge in [0.25, 0.3) is 5.91 Å². The number of nitrogens with zero attached hydrogens (tertiary/aromatic N) is 2. The number of carbonyl (C=O) groups is 2. The molecular weight excluding hydrogens is 318 g/mol. The van der Waals surface area contributed by atoms with Crippen LogP contribution in [0.1, 0.15) is 30.4 Å². The van der Waals surface area contributed by atoms with Crippen LogP contribution in [0.4, 0.5) is 4.79 Å². The van der Waals surface area contributed by atoms with Crippen LogP contribution in [-0.2, 0) is 16.9 Å². The van der Waals surface area contributed by atoms with E-state index < -0.39 is 11.6 Å². The summed E-state index contributed by atoms with van der Waals surface area (Å²) >= 11 is 5.91. The zero-order valence-electron chi connectivity index (χ0n) is 12.8. The molecule has 1 N–H and O–H groups in total. The summed E-state index contributed by atoms with van der Waals surface area (Å²) in [5.74, 6) is 0.162. The lowest BCUT2D eigenvalue weighted by atomic mass is 9.87. The standard InChI is InChI=1S/C16H16ClN3O3/c1-3-16(11-4-6-12(17)7-5-11)14(21)20(15(22)18-16)9-13-8-10(2)19-23-13/h4-8H,3,9H2,1-2H3,(H,18,22). The van der Waals surface area contributed by atoms with Gasteiger partial charge in [0, 0.05) is 11.1 Å². The highest BCUT2D eigenvalue weighted by Crippen LogP contribution is 2.33. The Bertz CT molecular complexity index is 756. The van der Waals surface area contributed by atoms with Gasteiger partial charge in [-0.05, 0) is 31.0 Å². The molecule has 1 aromatic heterocycles. The van der Waals surface area contributed by atoms with Crippen LogP contribution in [0.15, 0.2) is 34.9 Å². The Morgan fingerprint density at radius 1 is 1.30 bits per heavy atom. The van der Waals surface area contributed by atoms with E-state index in [4.69, 9.17) is 16.1 Å². The van der Waals surface area contributed by atoms with Crippen molar-refractivity contribution in [1.82, 2.24) is 15.4 Å². The van der Waals surface area contributed by atoms with Crippen LogP contribution in [-0.4, -0.2) is 22.0 Å². The minimum Gasteiger partial charge on any atom is -0.359 e. The highest BCUT2D eigenvalue weighted by molar-refractivity contribution is 6.30. The van der Waals surface area contributed by atoms with Gasteiger partial charge in [0.15, 0.2) is 5.76 Å². The number of amides is 3. The molecule has 1 aliphatic rings. The molecular formula is C16H16ClN3O3. The van der Waals surface area contributed by atoms with Gasteiger partial charge in [-0.25, -0.2) is 4.79 Å². The number of hydrogen-bond acceptors (Lipinski definition) is 4. The van der Waals surface area contributed by atoms with Crippen molar-refractivity contribution >= 4 is 23.5 Å². The Morgan fingerprint density at radius 2 is 2.00 bits per heavy atom. The molecule has 1 saturated heterocycles. The molecule has 0 radical (unpaired) electrons. The lowest BCUT2D eigenvalue weighted by Crippen LogP contribution is -2.43. The zero-order chi connectivity index (χ0) is 16.6. The normalized spacial score (nSPS) is 20.9. The lowest BCUT2D eigenvalue weighted by Gasteiger charge is -2.25. The second-order valence-corrected chi connectivity index (χ2v) is 5.96. The van der Waals surface area contributed by atoms with Crippen LogP contribution in [0.5, 0.6) is 0 Å². The Morgan fingerprint density at radius 3 is 2.57 bits per heavy atom. The summed E-state index contributed by atoms with van der Waals surface area (Å²) in [6, 6.07) is 8.18. The second-order valence-electron chi connectivity index (χ2n) is 5.52. The van der Waals surface area contributed by atoms with Gasteiger partial charge >= 0.3 is 6.03 Å². The van der Waals surface area contributed by atoms with E-state index in [1.807, 2.05) is 6.92 Å². The van der Waals surface area contributed by atoms with Crippen LogP contribution < -0.4 is 5.32 Å². The molecule has 0 spiro atoms. The molecule has 2 aromatic rings. The topological polar surface area (TPSA) is 75.4 Å². The summed E-state index contributed by atoms with van der Waals surface area (Å²) in [4.78, 5) is 26.4. The first kappa shape index (κ1) is 15.6. The Kier molecular flexibility index (Phi) is 3.85. The van der Waals surface area contributed by atoms with Crippen molar-refractivity contribution in [2.24, 2.45) is 0 Å². The maximum absolute atomic E-state index is 12.9. The van der Waals surface area contributed by atoms with E-state index in [2.05, 4.69) is 10.5 Å². The van der Waals surface area contributed by atoms with Crippen molar-refractivity contribution < 1.29 is 14.1 Å². The van der Waals surface area contributed by atoms with E-state index in [-0.39, 0.29) is 12.5 Å². The first-order valence-electron chi connectivity index (χ1n) is 7.28. The summed E-state index contributed by atoms with van der Waals surface area (Å²) in [6.45, 7) is 3.69. The summed E-state index contributed by atoms with van der Waals surface area (Å²) in [5.41, 5.74) is 0.335. The zero-order valence-corrected chi connectivity index (χ0v) is 13.6. The van der Waals surface area contributed by atoms with Crippen LogP contribution in [0.25, 0.3) is 0 Å². The Labute approximate surface area is 138 Å². The Hall–Kier alpha value is -2.34. The van der Waals surface area contributed by atoms with E-state index >= 15 is 0 Å². The predicted molar refractivity (Wildman–Crippen MR) is 83.7 cm³/mol. The first-order chi connectivity index (χ1) is 11.0. The molecule has 1 fully saturated rings. The first-order valence-corrected chi connectivity index (χ1v) is 7.66. The minimum atomic E-state index is -1.07. The number of urea groups is 1. The van der Waals surface area contributed by atoms with Gasteiger partial charge < -0.3 is 9.84 Å². The number of rotatable bonds is 4. The second kappa shape index (κ2) is 5.70. The van der Waals surface area contributed by atoms with Gasteiger partial charge in [-0.15, -0.1) is 0 Å². The molecule has 1 aromatic carbocycles. The fraction of sp³-hybridized carbons (Fsp3) is 0.312. The number of aromatic nitrogens is 1. The Balaban J connectivity index is 1.93. The van der Waals surface area contributed by atoms with Gasteiger partial charge in [0.1, 0.15) is 5.54 Å². The van der Waals surface area contributed by atoms with Crippen molar-refractivity contribution in [3.63, 3.8) is 0 Å². The maximum Gasteiger partial charge on any atom is 0.325 e. The highest BCUT2D eigenvalue weighted by Gasteiger charge is 2.51. The monoisotopic (exact) mass is 333 g/mol. The molecule has 3 rings (SSSR count). The van der Waals surface area contributed by atoms with Gasteiger partial charge in [-0.3, -0.25) is 9.69 Å². The average molecular weight is 334 g/mol.